The van der Waals surface area contributed by atoms with E-state index in [1.807, 2.05) is 27.8 Å². The average Bonchev–Trinajstić information content (AvgIpc) is 3.93. The number of nitrogens with two attached hydrogens (primary N) is 2. The number of nitrogen functional groups attached to an aromatic ring is 2. The van der Waals surface area contributed by atoms with Gasteiger partial charge >= 0.3 is 0 Å². The van der Waals surface area contributed by atoms with E-state index in [1.54, 1.807) is 12.4 Å². The molecule has 342 valence electrons. The maximum Gasteiger partial charge on any atom is 0.292 e. The third kappa shape index (κ3) is 8.75. The fraction of sp³-hybridized carbons (Fsp3) is 0.457. The van der Waals surface area contributed by atoms with Crippen molar-refractivity contribution in [1.29, 1.82) is 0 Å². The number of nitrogens with zero attached hydrogens (tertiary/aromatic N) is 14. The summed E-state index contributed by atoms with van der Waals surface area (Å²) in [6, 6.07) is 12.4. The van der Waals surface area contributed by atoms with Crippen LogP contribution in [0.1, 0.15) is 33.5 Å². The summed E-state index contributed by atoms with van der Waals surface area (Å²) in [6.07, 6.45) is 8.72. The predicted octanol–water partition coefficient (Wildman–Crippen LogP) is 2.01. The van der Waals surface area contributed by atoms with Crippen molar-refractivity contribution in [2.45, 2.75) is 32.0 Å². The molecule has 3 saturated heterocycles. The summed E-state index contributed by atoms with van der Waals surface area (Å²) in [4.78, 5) is 57.1. The zero-order valence-corrected chi connectivity index (χ0v) is 37.0. The van der Waals surface area contributed by atoms with E-state index in [4.69, 9.17) is 35.7 Å². The summed E-state index contributed by atoms with van der Waals surface area (Å²) in [5, 5.41) is 9.07. The van der Waals surface area contributed by atoms with Crippen molar-refractivity contribution in [3.8, 4) is 11.3 Å². The van der Waals surface area contributed by atoms with Crippen LogP contribution in [0, 0.1) is 5.92 Å². The lowest BCUT2D eigenvalue weighted by molar-refractivity contribution is 0.0717. The van der Waals surface area contributed by atoms with Gasteiger partial charge in [0.2, 0.25) is 11.9 Å². The van der Waals surface area contributed by atoms with Crippen LogP contribution in [0.25, 0.3) is 33.4 Å². The molecule has 4 aromatic heterocycles. The molecule has 0 spiro atoms. The largest absolute Gasteiger partial charge is 0.424 e. The third-order valence-corrected chi connectivity index (χ3v) is 13.6. The Balaban J connectivity index is 0.623. The number of fused-ring (bicyclic) bond motifs is 4. The molecule has 11 rings (SSSR count). The molecule has 0 radical (unpaired) electrons. The Morgan fingerprint density at radius 1 is 0.864 bits per heavy atom. The Morgan fingerprint density at radius 3 is 2.45 bits per heavy atom. The number of amides is 1. The minimum absolute atomic E-state index is 0.0675. The second kappa shape index (κ2) is 18.3. The number of carbonyl (C=O) groups excluding carboxylic acids is 1. The second-order valence-corrected chi connectivity index (χ2v) is 17.8. The number of rotatable bonds is 11. The normalized spacial score (nSPS) is 20.5. The van der Waals surface area contributed by atoms with Crippen molar-refractivity contribution in [3.05, 3.63) is 77.4 Å². The van der Waals surface area contributed by atoms with Gasteiger partial charge in [-0.2, -0.15) is 10.1 Å². The molecule has 0 bridgehead atoms. The van der Waals surface area contributed by atoms with Crippen LogP contribution in [0.3, 0.4) is 0 Å². The van der Waals surface area contributed by atoms with Crippen LogP contribution in [-0.2, 0) is 24.2 Å². The van der Waals surface area contributed by atoms with Crippen LogP contribution >= 0.6 is 0 Å². The third-order valence-electron chi connectivity index (χ3n) is 13.6. The summed E-state index contributed by atoms with van der Waals surface area (Å²) in [6.45, 7) is 14.3. The van der Waals surface area contributed by atoms with Gasteiger partial charge in [-0.05, 0) is 54.3 Å². The van der Waals surface area contributed by atoms with E-state index in [0.717, 1.165) is 127 Å². The zero-order chi connectivity index (χ0) is 44.6. The van der Waals surface area contributed by atoms with Crippen LogP contribution in [0.2, 0.25) is 0 Å². The SMILES string of the molecule is Nc1nc2cc(-c3nn(Cc4ccc5c(c4)CCN(C(=O)c4cnc(N6CCN(CCOCCN7CCN(C8=NC9CCNCC9C=N8)CC7)CC6)nc4)C5)c4ncnc(N)c34)ccc2o1. The van der Waals surface area contributed by atoms with Gasteiger partial charge in [-0.25, -0.2) is 34.6 Å². The number of guanidine groups is 1. The Kier molecular flexibility index (Phi) is 11.7. The molecular formula is C46H55N17O3. The highest BCUT2D eigenvalue weighted by Crippen LogP contribution is 2.33. The van der Waals surface area contributed by atoms with E-state index in [2.05, 4.69) is 74.3 Å². The molecule has 20 heteroatoms. The molecule has 2 aromatic carbocycles. The Bertz CT molecular complexity index is 2770. The number of anilines is 3. The Labute approximate surface area is 381 Å². The number of piperazine rings is 2. The monoisotopic (exact) mass is 893 g/mol. The highest BCUT2D eigenvalue weighted by molar-refractivity contribution is 5.99. The van der Waals surface area contributed by atoms with Crippen LogP contribution in [0.5, 0.6) is 0 Å². The number of oxazole rings is 1. The van der Waals surface area contributed by atoms with Gasteiger partial charge in [0.25, 0.3) is 11.9 Å². The molecule has 9 heterocycles. The molecule has 5 aliphatic heterocycles. The highest BCUT2D eigenvalue weighted by atomic mass is 16.5. The number of ether oxygens (including phenoxy) is 1. The fourth-order valence-corrected chi connectivity index (χ4v) is 9.78. The first-order valence-corrected chi connectivity index (χ1v) is 23.1. The van der Waals surface area contributed by atoms with Gasteiger partial charge in [-0.1, -0.05) is 18.2 Å². The number of hydrogen-bond acceptors (Lipinski definition) is 18. The topological polar surface area (TPSA) is 227 Å². The Hall–Kier alpha value is -6.61. The van der Waals surface area contributed by atoms with E-state index in [1.165, 1.54) is 11.9 Å². The minimum Gasteiger partial charge on any atom is -0.424 e. The number of nitrogens with one attached hydrogen (secondary N) is 1. The first-order chi connectivity index (χ1) is 32.4. The standard InChI is InChI=1S/C46H55N17O3/c47-41-39-40(32-3-4-38-37(22-32)55-44(48)66-38)57-63(42(39)54-29-53-41)27-30-1-2-33-28-62(8-6-31(33)21-30)43(64)35-25-50-45(51-26-35)60-13-9-58(10-14-60)17-19-65-20-18-59-11-15-61(16-12-59)46-52-24-34-23-49-7-5-36(34)56-46/h1-4,21-22,24-26,29,34,36,49H,5-20,23,27-28H2,(H2,48,55)(H2,47,53,54). The highest BCUT2D eigenvalue weighted by Gasteiger charge is 2.30. The van der Waals surface area contributed by atoms with Crippen molar-refractivity contribution in [2.75, 3.05) is 115 Å². The maximum atomic E-state index is 13.7. The van der Waals surface area contributed by atoms with Gasteiger partial charge in [0.05, 0.1) is 36.8 Å². The lowest BCUT2D eigenvalue weighted by Crippen LogP contribution is -2.51. The maximum absolute atomic E-state index is 13.7. The van der Waals surface area contributed by atoms with Gasteiger partial charge in [0, 0.05) is 115 Å². The summed E-state index contributed by atoms with van der Waals surface area (Å²) < 4.78 is 13.4. The minimum atomic E-state index is -0.0675. The van der Waals surface area contributed by atoms with Gasteiger partial charge in [0.1, 0.15) is 23.4 Å². The average molecular weight is 894 g/mol. The van der Waals surface area contributed by atoms with Gasteiger partial charge < -0.3 is 40.6 Å². The lowest BCUT2D eigenvalue weighted by Gasteiger charge is -2.37. The number of aliphatic imine (C=N–C) groups is 2. The molecule has 5 aliphatic rings. The Morgan fingerprint density at radius 2 is 1.65 bits per heavy atom. The van der Waals surface area contributed by atoms with Crippen LogP contribution in [0.15, 0.2) is 69.5 Å². The molecule has 0 aliphatic carbocycles. The van der Waals surface area contributed by atoms with Gasteiger partial charge in [-0.3, -0.25) is 14.6 Å². The number of carbonyl (C=O) groups is 1. The molecular weight excluding hydrogens is 839 g/mol. The quantitative estimate of drug-likeness (QED) is 0.158. The van der Waals surface area contributed by atoms with Crippen LogP contribution in [-0.4, -0.2) is 177 Å². The van der Waals surface area contributed by atoms with Crippen molar-refractivity contribution in [2.24, 2.45) is 15.9 Å². The molecule has 2 atom stereocenters. The fourth-order valence-electron chi connectivity index (χ4n) is 9.78. The molecule has 3 fully saturated rings. The number of aromatic nitrogens is 7. The number of hydrogen-bond donors (Lipinski definition) is 3. The van der Waals surface area contributed by atoms with Gasteiger partial charge in [-0.15, -0.1) is 0 Å². The number of benzene rings is 2. The first kappa shape index (κ1) is 42.1. The summed E-state index contributed by atoms with van der Waals surface area (Å²) in [7, 11) is 0. The molecule has 20 nitrogen and oxygen atoms in total. The number of piperidine rings is 1. The molecule has 1 amide bonds. The van der Waals surface area contributed by atoms with Crippen LogP contribution < -0.4 is 21.7 Å². The van der Waals surface area contributed by atoms with Gasteiger partial charge in [0.15, 0.2) is 11.2 Å². The van der Waals surface area contributed by atoms with Crippen molar-refractivity contribution < 1.29 is 13.9 Å². The van der Waals surface area contributed by atoms with E-state index < -0.39 is 0 Å². The van der Waals surface area contributed by atoms with Crippen molar-refractivity contribution in [3.63, 3.8) is 0 Å². The first-order valence-electron chi connectivity index (χ1n) is 23.1. The van der Waals surface area contributed by atoms with E-state index in [9.17, 15) is 4.79 Å². The van der Waals surface area contributed by atoms with E-state index >= 15 is 0 Å². The smallest absolute Gasteiger partial charge is 0.292 e. The molecule has 2 unspecified atom stereocenters. The van der Waals surface area contributed by atoms with E-state index in [-0.39, 0.29) is 11.9 Å². The lowest BCUT2D eigenvalue weighted by atomic mass is 9.94. The zero-order valence-electron chi connectivity index (χ0n) is 37.0. The summed E-state index contributed by atoms with van der Waals surface area (Å²) in [5.41, 5.74) is 19.3. The second-order valence-electron chi connectivity index (χ2n) is 17.8. The van der Waals surface area contributed by atoms with Crippen LogP contribution in [0.4, 0.5) is 17.8 Å². The molecule has 0 saturated carbocycles. The van der Waals surface area contributed by atoms with Crippen molar-refractivity contribution >= 4 is 58.0 Å². The summed E-state index contributed by atoms with van der Waals surface area (Å²) >= 11 is 0. The predicted molar refractivity (Wildman–Crippen MR) is 251 cm³/mol. The van der Waals surface area contributed by atoms with Crippen molar-refractivity contribution in [1.82, 2.24) is 59.6 Å². The molecule has 6 aromatic rings. The van der Waals surface area contributed by atoms with E-state index in [0.29, 0.717) is 76.8 Å². The molecule has 66 heavy (non-hydrogen) atoms. The molecule has 5 N–H and O–H groups in total. The summed E-state index contributed by atoms with van der Waals surface area (Å²) in [5.74, 6) is 2.30.